The number of benzene rings is 1. The second kappa shape index (κ2) is 4.25. The number of amides is 1. The predicted molar refractivity (Wildman–Crippen MR) is 64.8 cm³/mol. The van der Waals surface area contributed by atoms with Gasteiger partial charge in [-0.25, -0.2) is 0 Å². The first-order valence-electron chi connectivity index (χ1n) is 6.47. The summed E-state index contributed by atoms with van der Waals surface area (Å²) in [7, 11) is 0. The van der Waals surface area contributed by atoms with E-state index < -0.39 is 17.7 Å². The van der Waals surface area contributed by atoms with Crippen LogP contribution < -0.4 is 5.32 Å². The highest BCUT2D eigenvalue weighted by atomic mass is 19.4. The number of carbonyl (C=O) groups excluding carboxylic acids is 1. The Labute approximate surface area is 109 Å². The molecule has 1 aromatic rings. The van der Waals surface area contributed by atoms with Crippen molar-refractivity contribution < 1.29 is 18.0 Å². The van der Waals surface area contributed by atoms with Crippen LogP contribution in [0.4, 0.5) is 18.9 Å². The fraction of sp³-hybridized carbons (Fsp3) is 0.500. The van der Waals surface area contributed by atoms with Gasteiger partial charge in [0.2, 0.25) is 5.91 Å². The average molecular weight is 269 g/mol. The molecular formula is C14H14F3NO. The van der Waals surface area contributed by atoms with Crippen LogP contribution in [0.3, 0.4) is 0 Å². The molecule has 1 saturated carbocycles. The van der Waals surface area contributed by atoms with Gasteiger partial charge in [-0.1, -0.05) is 19.3 Å². The number of carbonyl (C=O) groups is 1. The van der Waals surface area contributed by atoms with Crippen LogP contribution >= 0.6 is 0 Å². The molecule has 2 aliphatic rings. The zero-order valence-corrected chi connectivity index (χ0v) is 10.3. The third kappa shape index (κ3) is 2.22. The molecule has 1 N–H and O–H groups in total. The Bertz CT molecular complexity index is 520. The van der Waals surface area contributed by atoms with Gasteiger partial charge < -0.3 is 5.32 Å². The van der Waals surface area contributed by atoms with Crippen LogP contribution in [0.5, 0.6) is 0 Å². The van der Waals surface area contributed by atoms with Crippen LogP contribution in [0.2, 0.25) is 0 Å². The molecule has 1 amide bonds. The fourth-order valence-electron chi connectivity index (χ4n) is 2.80. The Hall–Kier alpha value is -1.52. The van der Waals surface area contributed by atoms with Crippen LogP contribution in [0.1, 0.15) is 42.7 Å². The second-order valence-corrected chi connectivity index (χ2v) is 5.37. The lowest BCUT2D eigenvalue weighted by atomic mass is 9.77. The zero-order chi connectivity index (χ0) is 13.6. The van der Waals surface area contributed by atoms with Gasteiger partial charge in [-0.2, -0.15) is 13.2 Å². The number of halogens is 3. The van der Waals surface area contributed by atoms with Crippen molar-refractivity contribution in [3.05, 3.63) is 29.3 Å². The summed E-state index contributed by atoms with van der Waals surface area (Å²) < 4.78 is 38.1. The van der Waals surface area contributed by atoms with Crippen molar-refractivity contribution in [2.75, 3.05) is 5.32 Å². The van der Waals surface area contributed by atoms with Gasteiger partial charge in [-0.05, 0) is 36.1 Å². The molecular weight excluding hydrogens is 255 g/mol. The largest absolute Gasteiger partial charge is 0.416 e. The van der Waals surface area contributed by atoms with Crippen molar-refractivity contribution >= 4 is 11.6 Å². The summed E-state index contributed by atoms with van der Waals surface area (Å²) in [6.45, 7) is 0. The second-order valence-electron chi connectivity index (χ2n) is 5.37. The third-order valence-electron chi connectivity index (χ3n) is 4.12. The maximum absolute atomic E-state index is 12.7. The van der Waals surface area contributed by atoms with Gasteiger partial charge in [0.05, 0.1) is 11.5 Å². The normalized spacial score (nSPS) is 22.9. The minimum Gasteiger partial charge on any atom is -0.325 e. The number of alkyl halides is 3. The first-order valence-corrected chi connectivity index (χ1v) is 6.47. The molecule has 1 aromatic carbocycles. The SMILES string of the molecule is O=C1Nc2ccc(C(F)(F)F)cc2C1CC1CCC1. The first-order chi connectivity index (χ1) is 8.95. The van der Waals surface area contributed by atoms with Crippen molar-refractivity contribution in [2.24, 2.45) is 5.92 Å². The fourth-order valence-corrected chi connectivity index (χ4v) is 2.80. The highest BCUT2D eigenvalue weighted by Crippen LogP contribution is 2.43. The smallest absolute Gasteiger partial charge is 0.325 e. The summed E-state index contributed by atoms with van der Waals surface area (Å²) >= 11 is 0. The molecule has 1 unspecified atom stereocenters. The molecule has 1 heterocycles. The Morgan fingerprint density at radius 3 is 2.58 bits per heavy atom. The molecule has 3 rings (SSSR count). The summed E-state index contributed by atoms with van der Waals surface area (Å²) in [5.74, 6) is -0.0972. The molecule has 1 aliphatic carbocycles. The lowest BCUT2D eigenvalue weighted by Gasteiger charge is -2.27. The first kappa shape index (κ1) is 12.5. The summed E-state index contributed by atoms with van der Waals surface area (Å²) in [5, 5.41) is 2.67. The number of hydrogen-bond donors (Lipinski definition) is 1. The number of fused-ring (bicyclic) bond motifs is 1. The van der Waals surface area contributed by atoms with E-state index in [1.807, 2.05) is 0 Å². The highest BCUT2D eigenvalue weighted by molar-refractivity contribution is 6.02. The van der Waals surface area contributed by atoms with E-state index in [9.17, 15) is 18.0 Å². The van der Waals surface area contributed by atoms with Crippen molar-refractivity contribution in [1.29, 1.82) is 0 Å². The molecule has 0 aromatic heterocycles. The summed E-state index contributed by atoms with van der Waals surface area (Å²) in [4.78, 5) is 11.9. The van der Waals surface area contributed by atoms with Crippen LogP contribution in [0, 0.1) is 5.92 Å². The van der Waals surface area contributed by atoms with Gasteiger partial charge in [-0.15, -0.1) is 0 Å². The highest BCUT2D eigenvalue weighted by Gasteiger charge is 2.37. The molecule has 102 valence electrons. The quantitative estimate of drug-likeness (QED) is 0.866. The minimum atomic E-state index is -4.36. The summed E-state index contributed by atoms with van der Waals surface area (Å²) in [5.41, 5.74) is 0.357. The van der Waals surface area contributed by atoms with Crippen molar-refractivity contribution in [3.63, 3.8) is 0 Å². The number of rotatable bonds is 2. The molecule has 0 spiro atoms. The molecule has 5 heteroatoms. The van der Waals surface area contributed by atoms with E-state index in [2.05, 4.69) is 5.32 Å². The maximum Gasteiger partial charge on any atom is 0.416 e. The van der Waals surface area contributed by atoms with Crippen LogP contribution in [0.15, 0.2) is 18.2 Å². The van der Waals surface area contributed by atoms with E-state index in [-0.39, 0.29) is 5.91 Å². The topological polar surface area (TPSA) is 29.1 Å². The molecule has 2 nitrogen and oxygen atoms in total. The molecule has 0 bridgehead atoms. The number of anilines is 1. The van der Waals surface area contributed by atoms with Gasteiger partial charge in [-0.3, -0.25) is 4.79 Å². The summed E-state index contributed by atoms with van der Waals surface area (Å²) in [6, 6.07) is 3.50. The van der Waals surface area contributed by atoms with Crippen LogP contribution in [-0.4, -0.2) is 5.91 Å². The van der Waals surface area contributed by atoms with E-state index in [4.69, 9.17) is 0 Å². The summed E-state index contributed by atoms with van der Waals surface area (Å²) in [6.07, 6.45) is -0.369. The Morgan fingerprint density at radius 2 is 2.00 bits per heavy atom. The number of hydrogen-bond acceptors (Lipinski definition) is 1. The van der Waals surface area contributed by atoms with Gasteiger partial charge in [0.15, 0.2) is 0 Å². The van der Waals surface area contributed by atoms with Gasteiger partial charge in [0.25, 0.3) is 0 Å². The molecule has 19 heavy (non-hydrogen) atoms. The predicted octanol–water partition coefficient (Wildman–Crippen LogP) is 3.93. The van der Waals surface area contributed by atoms with Crippen molar-refractivity contribution in [1.82, 2.24) is 0 Å². The Balaban J connectivity index is 1.91. The van der Waals surface area contributed by atoms with Gasteiger partial charge in [0, 0.05) is 5.69 Å². The molecule has 1 fully saturated rings. The molecule has 0 radical (unpaired) electrons. The van der Waals surface area contributed by atoms with Crippen molar-refractivity contribution in [3.8, 4) is 0 Å². The molecule has 1 aliphatic heterocycles. The lowest BCUT2D eigenvalue weighted by Crippen LogP contribution is -2.20. The van der Waals surface area contributed by atoms with Gasteiger partial charge in [0.1, 0.15) is 0 Å². The monoisotopic (exact) mass is 269 g/mol. The van der Waals surface area contributed by atoms with Crippen molar-refractivity contribution in [2.45, 2.75) is 37.8 Å². The van der Waals surface area contributed by atoms with E-state index in [0.29, 0.717) is 23.6 Å². The van der Waals surface area contributed by atoms with E-state index >= 15 is 0 Å². The zero-order valence-electron chi connectivity index (χ0n) is 10.3. The third-order valence-corrected chi connectivity index (χ3v) is 4.12. The lowest BCUT2D eigenvalue weighted by molar-refractivity contribution is -0.137. The van der Waals surface area contributed by atoms with Gasteiger partial charge >= 0.3 is 6.18 Å². The Morgan fingerprint density at radius 1 is 1.26 bits per heavy atom. The average Bonchev–Trinajstić information content (AvgIpc) is 2.57. The van der Waals surface area contributed by atoms with Crippen LogP contribution in [0.25, 0.3) is 0 Å². The number of nitrogens with one attached hydrogen (secondary N) is 1. The molecule has 0 saturated heterocycles. The van der Waals surface area contributed by atoms with Crippen LogP contribution in [-0.2, 0) is 11.0 Å². The van der Waals surface area contributed by atoms with E-state index in [0.717, 1.165) is 31.4 Å². The Kier molecular flexibility index (Phi) is 2.80. The van der Waals surface area contributed by atoms with E-state index in [1.165, 1.54) is 6.07 Å². The standard InChI is InChI=1S/C14H14F3NO/c15-14(16,17)9-4-5-12-10(7-9)11(13(19)18-12)6-8-2-1-3-8/h4-5,7-8,11H,1-3,6H2,(H,18,19). The molecule has 1 atom stereocenters. The van der Waals surface area contributed by atoms with E-state index in [1.54, 1.807) is 0 Å². The minimum absolute atomic E-state index is 0.166. The maximum atomic E-state index is 12.7.